The average Bonchev–Trinajstić information content (AvgIpc) is 1.86. The van der Waals surface area contributed by atoms with Crippen molar-refractivity contribution in [2.75, 3.05) is 26.2 Å². The van der Waals surface area contributed by atoms with Crippen LogP contribution in [0.25, 0.3) is 0 Å². The van der Waals surface area contributed by atoms with E-state index < -0.39 is 0 Å². The van der Waals surface area contributed by atoms with Crippen molar-refractivity contribution >= 4 is 0 Å². The lowest BCUT2D eigenvalue weighted by atomic mass is 9.95. The van der Waals surface area contributed by atoms with Crippen molar-refractivity contribution in [3.8, 4) is 0 Å². The zero-order valence-corrected chi connectivity index (χ0v) is 6.84. The minimum atomic E-state index is 0.864. The first kappa shape index (κ1) is 8.02. The van der Waals surface area contributed by atoms with Gasteiger partial charge in [0.15, 0.2) is 0 Å². The normalized spacial score (nSPS) is 21.0. The predicted molar refractivity (Wildman–Crippen MR) is 43.9 cm³/mol. The first-order chi connectivity index (χ1) is 4.86. The molecule has 0 amide bonds. The van der Waals surface area contributed by atoms with Crippen LogP contribution < -0.4 is 5.73 Å². The molecular formula is C8H18N2. The highest BCUT2D eigenvalue weighted by molar-refractivity contribution is 4.78. The molecule has 0 radical (unpaired) electrons. The summed E-state index contributed by atoms with van der Waals surface area (Å²) in [6.07, 6.45) is 2.55. The molecule has 0 unspecified atom stereocenters. The van der Waals surface area contributed by atoms with Gasteiger partial charge in [0.1, 0.15) is 0 Å². The van der Waals surface area contributed by atoms with Crippen LogP contribution in [0.2, 0.25) is 0 Å². The topological polar surface area (TPSA) is 29.3 Å². The van der Waals surface area contributed by atoms with Gasteiger partial charge >= 0.3 is 0 Å². The van der Waals surface area contributed by atoms with Gasteiger partial charge in [-0.2, -0.15) is 0 Å². The second-order valence-corrected chi connectivity index (χ2v) is 3.15. The summed E-state index contributed by atoms with van der Waals surface area (Å²) >= 11 is 0. The summed E-state index contributed by atoms with van der Waals surface area (Å²) in [7, 11) is 0. The van der Waals surface area contributed by atoms with Gasteiger partial charge in [-0.05, 0) is 31.8 Å². The van der Waals surface area contributed by atoms with Crippen LogP contribution in [0.5, 0.6) is 0 Å². The van der Waals surface area contributed by atoms with Crippen LogP contribution in [-0.2, 0) is 0 Å². The van der Waals surface area contributed by atoms with Crippen molar-refractivity contribution in [2.24, 2.45) is 11.7 Å². The van der Waals surface area contributed by atoms with E-state index in [1.807, 2.05) is 0 Å². The van der Waals surface area contributed by atoms with Gasteiger partial charge in [0.25, 0.3) is 0 Å². The summed E-state index contributed by atoms with van der Waals surface area (Å²) in [6, 6.07) is 0. The summed E-state index contributed by atoms with van der Waals surface area (Å²) in [5.41, 5.74) is 5.41. The minimum absolute atomic E-state index is 0.864. The Morgan fingerprint density at radius 2 is 2.20 bits per heavy atom. The number of hydrogen-bond donors (Lipinski definition) is 1. The second-order valence-electron chi connectivity index (χ2n) is 3.15. The number of nitrogens with two attached hydrogens (primary N) is 1. The highest BCUT2D eigenvalue weighted by Gasteiger charge is 2.23. The van der Waals surface area contributed by atoms with E-state index in [0.717, 1.165) is 12.5 Å². The van der Waals surface area contributed by atoms with Crippen LogP contribution in [0.3, 0.4) is 0 Å². The van der Waals surface area contributed by atoms with Gasteiger partial charge in [-0.15, -0.1) is 0 Å². The van der Waals surface area contributed by atoms with E-state index >= 15 is 0 Å². The zero-order valence-electron chi connectivity index (χ0n) is 6.84. The maximum atomic E-state index is 5.41. The Balaban J connectivity index is 1.93. The molecular weight excluding hydrogens is 124 g/mol. The van der Waals surface area contributed by atoms with Crippen molar-refractivity contribution in [2.45, 2.75) is 19.8 Å². The standard InChI is InChI=1S/C8H18N2/c1-2-10-6-8(7-10)4-3-5-9/h8H,2-7,9H2,1H3. The fourth-order valence-corrected chi connectivity index (χ4v) is 1.52. The van der Waals surface area contributed by atoms with Crippen molar-refractivity contribution < 1.29 is 0 Å². The van der Waals surface area contributed by atoms with Crippen molar-refractivity contribution in [1.29, 1.82) is 0 Å². The fraction of sp³-hybridized carbons (Fsp3) is 1.00. The lowest BCUT2D eigenvalue weighted by molar-refractivity contribution is 0.100. The minimum Gasteiger partial charge on any atom is -0.330 e. The molecule has 0 aliphatic carbocycles. The largest absolute Gasteiger partial charge is 0.330 e. The summed E-state index contributed by atoms with van der Waals surface area (Å²) in [6.45, 7) is 6.94. The molecule has 1 rings (SSSR count). The van der Waals surface area contributed by atoms with E-state index in [1.165, 1.54) is 32.5 Å². The Bertz CT molecular complexity index is 84.5. The van der Waals surface area contributed by atoms with Gasteiger partial charge < -0.3 is 10.6 Å². The molecule has 0 saturated carbocycles. The van der Waals surface area contributed by atoms with Gasteiger partial charge in [-0.25, -0.2) is 0 Å². The molecule has 2 nitrogen and oxygen atoms in total. The first-order valence-corrected chi connectivity index (χ1v) is 4.29. The molecule has 0 aromatic rings. The number of rotatable bonds is 4. The third-order valence-corrected chi connectivity index (χ3v) is 2.30. The highest BCUT2D eigenvalue weighted by atomic mass is 15.2. The monoisotopic (exact) mass is 142 g/mol. The van der Waals surface area contributed by atoms with Crippen LogP contribution in [0.4, 0.5) is 0 Å². The Hall–Kier alpha value is -0.0800. The van der Waals surface area contributed by atoms with E-state index in [0.29, 0.717) is 0 Å². The first-order valence-electron chi connectivity index (χ1n) is 4.29. The summed E-state index contributed by atoms with van der Waals surface area (Å²) < 4.78 is 0. The van der Waals surface area contributed by atoms with Crippen LogP contribution >= 0.6 is 0 Å². The van der Waals surface area contributed by atoms with E-state index in [9.17, 15) is 0 Å². The molecule has 2 N–H and O–H groups in total. The molecule has 0 spiro atoms. The Morgan fingerprint density at radius 1 is 1.50 bits per heavy atom. The molecule has 0 aromatic carbocycles. The van der Waals surface area contributed by atoms with Gasteiger partial charge in [-0.3, -0.25) is 0 Å². The Morgan fingerprint density at radius 3 is 2.70 bits per heavy atom. The smallest absolute Gasteiger partial charge is 0.00219 e. The third kappa shape index (κ3) is 1.96. The zero-order chi connectivity index (χ0) is 7.40. The lowest BCUT2D eigenvalue weighted by Gasteiger charge is -2.38. The van der Waals surface area contributed by atoms with E-state index in [1.54, 1.807) is 0 Å². The molecule has 60 valence electrons. The maximum Gasteiger partial charge on any atom is 0.00219 e. The van der Waals surface area contributed by atoms with Crippen molar-refractivity contribution in [3.63, 3.8) is 0 Å². The van der Waals surface area contributed by atoms with Crippen LogP contribution in [0.15, 0.2) is 0 Å². The molecule has 1 saturated heterocycles. The quantitative estimate of drug-likeness (QED) is 0.625. The molecule has 1 heterocycles. The van der Waals surface area contributed by atoms with Gasteiger partial charge in [-0.1, -0.05) is 6.92 Å². The molecule has 0 atom stereocenters. The SMILES string of the molecule is CCN1CC(CCCN)C1. The van der Waals surface area contributed by atoms with Gasteiger partial charge in [0.2, 0.25) is 0 Å². The Labute approximate surface area is 63.4 Å². The molecule has 1 aliphatic rings. The predicted octanol–water partition coefficient (Wildman–Crippen LogP) is 0.677. The van der Waals surface area contributed by atoms with Crippen LogP contribution in [0, 0.1) is 5.92 Å². The van der Waals surface area contributed by atoms with E-state index in [2.05, 4.69) is 11.8 Å². The lowest BCUT2D eigenvalue weighted by Crippen LogP contribution is -2.46. The molecule has 10 heavy (non-hydrogen) atoms. The van der Waals surface area contributed by atoms with Gasteiger partial charge in [0.05, 0.1) is 0 Å². The summed E-state index contributed by atoms with van der Waals surface area (Å²) in [4.78, 5) is 2.47. The number of nitrogens with zero attached hydrogens (tertiary/aromatic N) is 1. The average molecular weight is 142 g/mol. The van der Waals surface area contributed by atoms with E-state index in [-0.39, 0.29) is 0 Å². The second kappa shape index (κ2) is 3.94. The van der Waals surface area contributed by atoms with Crippen molar-refractivity contribution in [3.05, 3.63) is 0 Å². The van der Waals surface area contributed by atoms with Crippen LogP contribution in [0.1, 0.15) is 19.8 Å². The van der Waals surface area contributed by atoms with Gasteiger partial charge in [0, 0.05) is 13.1 Å². The maximum absolute atomic E-state index is 5.41. The van der Waals surface area contributed by atoms with Crippen molar-refractivity contribution in [1.82, 2.24) is 4.90 Å². The number of likely N-dealkylation sites (tertiary alicyclic amines) is 1. The molecule has 2 heteroatoms. The van der Waals surface area contributed by atoms with E-state index in [4.69, 9.17) is 5.73 Å². The summed E-state index contributed by atoms with van der Waals surface area (Å²) in [5, 5.41) is 0. The number of hydrogen-bond acceptors (Lipinski definition) is 2. The summed E-state index contributed by atoms with van der Waals surface area (Å²) in [5.74, 6) is 0.962. The molecule has 0 aromatic heterocycles. The molecule has 1 fully saturated rings. The highest BCUT2D eigenvalue weighted by Crippen LogP contribution is 2.18. The molecule has 0 bridgehead atoms. The molecule has 1 aliphatic heterocycles. The fourth-order valence-electron chi connectivity index (χ4n) is 1.52. The Kier molecular flexibility index (Phi) is 3.16. The third-order valence-electron chi connectivity index (χ3n) is 2.30. The van der Waals surface area contributed by atoms with Crippen LogP contribution in [-0.4, -0.2) is 31.1 Å².